The standard InChI is InChI=1S/C28H33NO7/c1-28(2,3)19-13-17(9-10-21(19)34-4)25(31)23-24(16-8-11-22(35-5)20(30)14-16)29(27(33)26(23)32)15-18-7-6-12-36-18/h8-11,13-14,18,24,30-31H,6-7,12,15H2,1-5H3/b25-23-. The van der Waals surface area contributed by atoms with Gasteiger partial charge in [0, 0.05) is 24.3 Å². The lowest BCUT2D eigenvalue weighted by Crippen LogP contribution is -2.36. The highest BCUT2D eigenvalue weighted by atomic mass is 16.5. The van der Waals surface area contributed by atoms with Gasteiger partial charge in [0.2, 0.25) is 0 Å². The second-order valence-corrected chi connectivity index (χ2v) is 10.2. The Morgan fingerprint density at radius 3 is 2.36 bits per heavy atom. The van der Waals surface area contributed by atoms with Crippen molar-refractivity contribution in [2.45, 2.75) is 51.2 Å². The molecule has 2 N–H and O–H groups in total. The van der Waals surface area contributed by atoms with Crippen LogP contribution in [-0.4, -0.2) is 60.3 Å². The third-order valence-electron chi connectivity index (χ3n) is 6.76. The molecule has 2 aromatic carbocycles. The summed E-state index contributed by atoms with van der Waals surface area (Å²) >= 11 is 0. The third-order valence-corrected chi connectivity index (χ3v) is 6.76. The lowest BCUT2D eigenvalue weighted by molar-refractivity contribution is -0.140. The average molecular weight is 496 g/mol. The number of methoxy groups -OCH3 is 2. The van der Waals surface area contributed by atoms with Crippen LogP contribution in [0.4, 0.5) is 0 Å². The van der Waals surface area contributed by atoms with Crippen molar-refractivity contribution in [2.75, 3.05) is 27.4 Å². The van der Waals surface area contributed by atoms with E-state index in [-0.39, 0.29) is 40.9 Å². The maximum absolute atomic E-state index is 13.3. The molecule has 8 nitrogen and oxygen atoms in total. The fourth-order valence-corrected chi connectivity index (χ4v) is 4.90. The van der Waals surface area contributed by atoms with Crippen LogP contribution in [0, 0.1) is 0 Å². The van der Waals surface area contributed by atoms with Crippen molar-refractivity contribution in [3.8, 4) is 17.2 Å². The number of aliphatic hydroxyl groups excluding tert-OH is 1. The Balaban J connectivity index is 1.88. The Morgan fingerprint density at radius 1 is 1.08 bits per heavy atom. The Labute approximate surface area is 211 Å². The van der Waals surface area contributed by atoms with E-state index in [2.05, 4.69) is 0 Å². The molecule has 2 fully saturated rings. The maximum Gasteiger partial charge on any atom is 0.295 e. The molecule has 192 valence electrons. The van der Waals surface area contributed by atoms with Crippen molar-refractivity contribution in [3.05, 3.63) is 58.7 Å². The quantitative estimate of drug-likeness (QED) is 0.350. The van der Waals surface area contributed by atoms with Crippen molar-refractivity contribution in [3.63, 3.8) is 0 Å². The van der Waals surface area contributed by atoms with Crippen LogP contribution in [0.3, 0.4) is 0 Å². The van der Waals surface area contributed by atoms with Crippen LogP contribution in [0.2, 0.25) is 0 Å². The number of phenols is 1. The lowest BCUT2D eigenvalue weighted by Gasteiger charge is -2.28. The number of carbonyl (C=O) groups is 2. The zero-order valence-corrected chi connectivity index (χ0v) is 21.3. The predicted molar refractivity (Wildman–Crippen MR) is 134 cm³/mol. The van der Waals surface area contributed by atoms with Gasteiger partial charge in [0.25, 0.3) is 11.7 Å². The van der Waals surface area contributed by atoms with E-state index in [0.717, 1.165) is 18.4 Å². The number of rotatable bonds is 6. The number of ether oxygens (including phenoxy) is 3. The molecule has 2 aromatic rings. The van der Waals surface area contributed by atoms with E-state index < -0.39 is 17.7 Å². The molecular weight excluding hydrogens is 462 g/mol. The molecule has 0 aliphatic carbocycles. The predicted octanol–water partition coefficient (Wildman–Crippen LogP) is 4.31. The summed E-state index contributed by atoms with van der Waals surface area (Å²) in [6.45, 7) is 6.87. The van der Waals surface area contributed by atoms with E-state index >= 15 is 0 Å². The van der Waals surface area contributed by atoms with Crippen molar-refractivity contribution in [2.24, 2.45) is 0 Å². The van der Waals surface area contributed by atoms with E-state index in [1.807, 2.05) is 20.8 Å². The molecule has 36 heavy (non-hydrogen) atoms. The van der Waals surface area contributed by atoms with Gasteiger partial charge in [-0.05, 0) is 54.2 Å². The molecule has 2 saturated heterocycles. The second-order valence-electron chi connectivity index (χ2n) is 10.2. The monoisotopic (exact) mass is 495 g/mol. The second kappa shape index (κ2) is 9.85. The summed E-state index contributed by atoms with van der Waals surface area (Å²) < 4.78 is 16.4. The van der Waals surface area contributed by atoms with Crippen LogP contribution in [0.1, 0.15) is 56.3 Å². The first-order valence-corrected chi connectivity index (χ1v) is 12.0. The fraction of sp³-hybridized carbons (Fsp3) is 0.429. The third kappa shape index (κ3) is 4.65. The topological polar surface area (TPSA) is 106 Å². The molecule has 8 heteroatoms. The van der Waals surface area contributed by atoms with Gasteiger partial charge in [0.1, 0.15) is 11.5 Å². The summed E-state index contributed by atoms with van der Waals surface area (Å²) in [5.74, 6) is -0.973. The Kier molecular flexibility index (Phi) is 7.00. The zero-order valence-electron chi connectivity index (χ0n) is 21.3. The maximum atomic E-state index is 13.3. The number of likely N-dealkylation sites (tertiary alicyclic amines) is 1. The van der Waals surface area contributed by atoms with Crippen molar-refractivity contribution < 1.29 is 34.0 Å². The van der Waals surface area contributed by atoms with Crippen LogP contribution in [0.15, 0.2) is 42.0 Å². The molecule has 2 heterocycles. The minimum absolute atomic E-state index is 0.0346. The molecule has 2 atom stereocenters. The van der Waals surface area contributed by atoms with Gasteiger partial charge >= 0.3 is 0 Å². The van der Waals surface area contributed by atoms with Gasteiger partial charge in [0.15, 0.2) is 11.5 Å². The molecule has 0 bridgehead atoms. The smallest absolute Gasteiger partial charge is 0.295 e. The molecule has 0 spiro atoms. The molecule has 0 saturated carbocycles. The molecule has 0 aromatic heterocycles. The fourth-order valence-electron chi connectivity index (χ4n) is 4.90. The largest absolute Gasteiger partial charge is 0.507 e. The summed E-state index contributed by atoms with van der Waals surface area (Å²) in [4.78, 5) is 28.0. The Morgan fingerprint density at radius 2 is 1.78 bits per heavy atom. The molecule has 2 aliphatic rings. The number of hydrogen-bond acceptors (Lipinski definition) is 7. The first-order chi connectivity index (χ1) is 17.1. The first-order valence-electron chi connectivity index (χ1n) is 12.0. The van der Waals surface area contributed by atoms with Gasteiger partial charge in [-0.2, -0.15) is 0 Å². The SMILES string of the molecule is COc1ccc(C2/C(=C(/O)c3ccc(OC)c(C(C)(C)C)c3)C(=O)C(=O)N2CC2CCCO2)cc1O. The summed E-state index contributed by atoms with van der Waals surface area (Å²) in [6.07, 6.45) is 1.45. The van der Waals surface area contributed by atoms with Crippen LogP contribution < -0.4 is 9.47 Å². The number of Topliss-reactive ketones (excluding diaryl/α,β-unsaturated/α-hetero) is 1. The van der Waals surface area contributed by atoms with Crippen molar-refractivity contribution in [1.29, 1.82) is 0 Å². The lowest BCUT2D eigenvalue weighted by atomic mass is 9.84. The number of phenolic OH excluding ortho intramolecular Hbond substituents is 1. The molecule has 1 amide bonds. The molecule has 0 radical (unpaired) electrons. The minimum atomic E-state index is -0.897. The number of aliphatic hydroxyl groups is 1. The highest BCUT2D eigenvalue weighted by Gasteiger charge is 2.47. The van der Waals surface area contributed by atoms with E-state index in [9.17, 15) is 19.8 Å². The summed E-state index contributed by atoms with van der Waals surface area (Å²) in [6, 6.07) is 9.00. The van der Waals surface area contributed by atoms with Gasteiger partial charge in [0.05, 0.1) is 31.9 Å². The molecule has 2 aliphatic heterocycles. The summed E-state index contributed by atoms with van der Waals surface area (Å²) in [5.41, 5.74) is 1.40. The summed E-state index contributed by atoms with van der Waals surface area (Å²) in [5, 5.41) is 21.9. The van der Waals surface area contributed by atoms with Gasteiger partial charge in [-0.25, -0.2) is 0 Å². The van der Waals surface area contributed by atoms with Crippen LogP contribution in [0.25, 0.3) is 5.76 Å². The van der Waals surface area contributed by atoms with Crippen molar-refractivity contribution in [1.82, 2.24) is 4.90 Å². The number of benzene rings is 2. The van der Waals surface area contributed by atoms with E-state index in [1.54, 1.807) is 37.4 Å². The molecular formula is C28H33NO7. The number of nitrogens with zero attached hydrogens (tertiary/aromatic N) is 1. The number of hydrogen-bond donors (Lipinski definition) is 2. The van der Waals surface area contributed by atoms with Crippen LogP contribution in [0.5, 0.6) is 17.2 Å². The highest BCUT2D eigenvalue weighted by Crippen LogP contribution is 2.43. The van der Waals surface area contributed by atoms with Crippen LogP contribution >= 0.6 is 0 Å². The first kappa shape index (κ1) is 25.6. The van der Waals surface area contributed by atoms with E-state index in [4.69, 9.17) is 14.2 Å². The average Bonchev–Trinajstić information content (AvgIpc) is 3.45. The highest BCUT2D eigenvalue weighted by molar-refractivity contribution is 6.46. The number of amides is 1. The van der Waals surface area contributed by atoms with Gasteiger partial charge in [-0.3, -0.25) is 9.59 Å². The summed E-state index contributed by atoms with van der Waals surface area (Å²) in [7, 11) is 3.02. The van der Waals surface area contributed by atoms with Gasteiger partial charge in [-0.15, -0.1) is 0 Å². The van der Waals surface area contributed by atoms with Gasteiger partial charge < -0.3 is 29.3 Å². The Bertz CT molecular complexity index is 1200. The zero-order chi connectivity index (χ0) is 26.2. The van der Waals surface area contributed by atoms with Crippen LogP contribution in [-0.2, 0) is 19.7 Å². The molecule has 2 unspecified atom stereocenters. The normalized spacial score (nSPS) is 21.8. The molecule has 4 rings (SSSR count). The van der Waals surface area contributed by atoms with Crippen molar-refractivity contribution >= 4 is 17.4 Å². The van der Waals surface area contributed by atoms with Gasteiger partial charge in [-0.1, -0.05) is 26.8 Å². The number of ketones is 1. The van der Waals surface area contributed by atoms with E-state index in [1.165, 1.54) is 18.1 Å². The van der Waals surface area contributed by atoms with E-state index in [0.29, 0.717) is 23.5 Å². The minimum Gasteiger partial charge on any atom is -0.507 e. The number of carbonyl (C=O) groups excluding carboxylic acids is 2. The number of aromatic hydroxyl groups is 1. The Hall–Kier alpha value is -3.52.